The van der Waals surface area contributed by atoms with E-state index < -0.39 is 116 Å². The largest absolute Gasteiger partial charge is 0.472 e. The second kappa shape index (κ2) is 10.5. The van der Waals surface area contributed by atoms with Gasteiger partial charge in [0.2, 0.25) is 0 Å². The highest BCUT2D eigenvalue weighted by Gasteiger charge is 3.05. The molecule has 14 heteroatoms. The lowest BCUT2D eigenvalue weighted by Crippen LogP contribution is -2.95. The number of carbonyl (C=O) groups is 5. The van der Waals surface area contributed by atoms with E-state index in [4.69, 9.17) is 42.3 Å². The fourth-order valence-corrected chi connectivity index (χ4v) is 13.5. The summed E-state index contributed by atoms with van der Waals surface area (Å²) in [6, 6.07) is 1.69. The van der Waals surface area contributed by atoms with Gasteiger partial charge in [0.25, 0.3) is 5.97 Å². The zero-order chi connectivity index (χ0) is 37.8. The van der Waals surface area contributed by atoms with Crippen LogP contribution in [0.4, 0.5) is 0 Å². The van der Waals surface area contributed by atoms with Crippen LogP contribution in [0.1, 0.15) is 92.7 Å². The molecule has 14 nitrogen and oxygen atoms in total. The smallest absolute Gasteiger partial charge is 0.317 e. The van der Waals surface area contributed by atoms with Crippen molar-refractivity contribution in [3.05, 3.63) is 24.2 Å². The topological polar surface area (TPSA) is 172 Å². The summed E-state index contributed by atoms with van der Waals surface area (Å²) in [6.45, 7) is 13.5. The first kappa shape index (κ1) is 35.7. The van der Waals surface area contributed by atoms with E-state index in [-0.39, 0.29) is 25.7 Å². The highest BCUT2D eigenvalue weighted by Crippen LogP contribution is 2.90. The number of methoxy groups -OCH3 is 2. The third kappa shape index (κ3) is 3.55. The van der Waals surface area contributed by atoms with E-state index in [0.717, 1.165) is 0 Å². The molecule has 4 bridgehead atoms. The number of hydrogen-bond donors (Lipinski definition) is 0. The van der Waals surface area contributed by atoms with Crippen LogP contribution in [0.2, 0.25) is 0 Å². The number of esters is 4. The zero-order valence-electron chi connectivity index (χ0n) is 31.3. The minimum atomic E-state index is -1.77. The van der Waals surface area contributed by atoms with Crippen LogP contribution < -0.4 is 0 Å². The van der Waals surface area contributed by atoms with E-state index in [0.29, 0.717) is 5.56 Å². The van der Waals surface area contributed by atoms with Crippen LogP contribution in [0.15, 0.2) is 23.0 Å². The molecule has 1 aromatic heterocycles. The lowest BCUT2D eigenvalue weighted by molar-refractivity contribution is -0.481. The van der Waals surface area contributed by atoms with Gasteiger partial charge in [0.05, 0.1) is 19.6 Å². The number of furan rings is 1. The lowest BCUT2D eigenvalue weighted by atomic mass is 9.32. The van der Waals surface area contributed by atoms with E-state index in [1.165, 1.54) is 40.6 Å². The Morgan fingerprint density at radius 3 is 2.23 bits per heavy atom. The van der Waals surface area contributed by atoms with Crippen molar-refractivity contribution in [1.82, 2.24) is 0 Å². The molecular weight excluding hydrogens is 680 g/mol. The molecule has 7 aliphatic rings. The molecule has 14 atom stereocenters. The van der Waals surface area contributed by atoms with Crippen LogP contribution in [-0.4, -0.2) is 84.5 Å². The first-order valence-electron chi connectivity index (χ1n) is 18.1. The Bertz CT molecular complexity index is 1770. The maximum atomic E-state index is 14.8. The van der Waals surface area contributed by atoms with Crippen LogP contribution >= 0.6 is 0 Å². The molecule has 3 saturated heterocycles. The quantitative estimate of drug-likeness (QED) is 0.203. The average molecular weight is 729 g/mol. The first-order valence-corrected chi connectivity index (χ1v) is 18.1. The standard InChI is InChI=1S/C38H48O14/c1-18(2)25(42)24-26-31(5,27(47-19(3)39)21-11-14-46-16-21)12-13-35-33(7)22(15-23(41)44-9)32(6)17-36(33)38(45-10,29(32)48-20(4)40)30(49-28(24)43)37(26,35)52-34(8,50-35)51-36/h11,14,16,18,22,24,26-27,29-30H,12-13,15,17H2,1-10H3. The molecule has 1 aromatic rings. The van der Waals surface area contributed by atoms with Crippen molar-refractivity contribution in [2.75, 3.05) is 14.2 Å². The molecule has 4 aliphatic carbocycles. The molecule has 0 N–H and O–H groups in total. The van der Waals surface area contributed by atoms with Crippen molar-refractivity contribution >= 4 is 29.7 Å². The molecule has 8 rings (SSSR count). The highest BCUT2D eigenvalue weighted by atomic mass is 16.9. The number of Topliss-reactive ketones (excluding diaryl/α,β-unsaturated/α-hetero) is 1. The molecule has 3 spiro atoms. The Labute approximate surface area is 301 Å². The number of ether oxygens (including phenoxy) is 8. The van der Waals surface area contributed by atoms with Crippen LogP contribution in [0.5, 0.6) is 0 Å². The van der Waals surface area contributed by atoms with Crippen LogP contribution in [0.25, 0.3) is 0 Å². The number of ketones is 1. The molecule has 0 radical (unpaired) electrons. The Balaban J connectivity index is 1.50. The minimum absolute atomic E-state index is 0.0874. The van der Waals surface area contributed by atoms with E-state index in [1.54, 1.807) is 26.8 Å². The Morgan fingerprint density at radius 2 is 1.65 bits per heavy atom. The first-order chi connectivity index (χ1) is 24.3. The zero-order valence-corrected chi connectivity index (χ0v) is 31.3. The highest BCUT2D eigenvalue weighted by molar-refractivity contribution is 6.01. The van der Waals surface area contributed by atoms with Gasteiger partial charge in [0.1, 0.15) is 40.7 Å². The van der Waals surface area contributed by atoms with Gasteiger partial charge in [-0.2, -0.15) is 0 Å². The van der Waals surface area contributed by atoms with Crippen molar-refractivity contribution < 1.29 is 66.3 Å². The van der Waals surface area contributed by atoms with Gasteiger partial charge < -0.3 is 42.3 Å². The second-order valence-electron chi connectivity index (χ2n) is 17.2. The number of carbonyl (C=O) groups excluding carboxylic acids is 5. The molecule has 0 amide bonds. The molecule has 7 fully saturated rings. The summed E-state index contributed by atoms with van der Waals surface area (Å²) in [4.78, 5) is 68.9. The number of hydrogen-bond acceptors (Lipinski definition) is 14. The normalized spacial score (nSPS) is 49.3. The number of fused-ring (bicyclic) bond motifs is 3. The predicted molar refractivity (Wildman–Crippen MR) is 173 cm³/mol. The van der Waals surface area contributed by atoms with Gasteiger partial charge in [0, 0.05) is 67.9 Å². The number of rotatable bonds is 9. The Morgan fingerprint density at radius 1 is 0.962 bits per heavy atom. The monoisotopic (exact) mass is 728 g/mol. The third-order valence-corrected chi connectivity index (χ3v) is 14.7. The predicted octanol–water partition coefficient (Wildman–Crippen LogP) is 3.97. The van der Waals surface area contributed by atoms with Gasteiger partial charge >= 0.3 is 23.9 Å². The summed E-state index contributed by atoms with van der Waals surface area (Å²) in [6.07, 6.45) is 0.142. The molecule has 3 aliphatic heterocycles. The average Bonchev–Trinajstić information content (AvgIpc) is 3.76. The van der Waals surface area contributed by atoms with Gasteiger partial charge in [-0.1, -0.05) is 34.6 Å². The van der Waals surface area contributed by atoms with Gasteiger partial charge in [-0.15, -0.1) is 0 Å². The van der Waals surface area contributed by atoms with Crippen molar-refractivity contribution in [1.29, 1.82) is 0 Å². The van der Waals surface area contributed by atoms with Gasteiger partial charge in [-0.3, -0.25) is 24.0 Å². The minimum Gasteiger partial charge on any atom is -0.472 e. The molecule has 52 heavy (non-hydrogen) atoms. The Hall–Kier alpha value is -3.33. The van der Waals surface area contributed by atoms with E-state index in [1.807, 2.05) is 20.8 Å². The molecule has 14 unspecified atom stereocenters. The fourth-order valence-electron chi connectivity index (χ4n) is 13.5. The summed E-state index contributed by atoms with van der Waals surface area (Å²) in [7, 11) is 2.79. The van der Waals surface area contributed by atoms with Crippen molar-refractivity contribution in [2.45, 2.75) is 128 Å². The molecular formula is C38H48O14. The summed E-state index contributed by atoms with van der Waals surface area (Å²) in [5.41, 5.74) is -9.09. The van der Waals surface area contributed by atoms with Crippen molar-refractivity contribution in [3.8, 4) is 0 Å². The van der Waals surface area contributed by atoms with Gasteiger partial charge in [-0.25, -0.2) is 0 Å². The fraction of sp³-hybridized carbons (Fsp3) is 0.763. The van der Waals surface area contributed by atoms with Crippen LogP contribution in [0, 0.1) is 39.9 Å². The maximum absolute atomic E-state index is 14.8. The van der Waals surface area contributed by atoms with Crippen LogP contribution in [0.3, 0.4) is 0 Å². The molecule has 284 valence electrons. The SMILES string of the molecule is COC(=O)CC1C2(C)CC34OC5(C)OC67C(C(C(=O)C(C)C)C(=O)OC6C3(OC)C2OC(C)=O)C(C)(C(OC(C)=O)c2ccoc2)CCC7(O5)C14C. The maximum Gasteiger partial charge on any atom is 0.317 e. The Kier molecular flexibility index (Phi) is 7.17. The second-order valence-corrected chi connectivity index (χ2v) is 17.2. The van der Waals surface area contributed by atoms with Crippen molar-refractivity contribution in [2.24, 2.45) is 39.9 Å². The molecule has 4 heterocycles. The molecule has 0 aromatic carbocycles. The van der Waals surface area contributed by atoms with Crippen molar-refractivity contribution in [3.63, 3.8) is 0 Å². The van der Waals surface area contributed by atoms with E-state index in [2.05, 4.69) is 0 Å². The van der Waals surface area contributed by atoms with E-state index >= 15 is 0 Å². The summed E-state index contributed by atoms with van der Waals surface area (Å²) in [5.74, 6) is -8.36. The summed E-state index contributed by atoms with van der Waals surface area (Å²) >= 11 is 0. The van der Waals surface area contributed by atoms with Gasteiger partial charge in [-0.05, 0) is 31.2 Å². The lowest BCUT2D eigenvalue weighted by Gasteiger charge is -2.78. The van der Waals surface area contributed by atoms with E-state index in [9.17, 15) is 24.0 Å². The summed E-state index contributed by atoms with van der Waals surface area (Å²) in [5, 5.41) is 0. The van der Waals surface area contributed by atoms with Crippen LogP contribution in [-0.2, 0) is 61.9 Å². The van der Waals surface area contributed by atoms with Gasteiger partial charge in [0.15, 0.2) is 11.7 Å². The summed E-state index contributed by atoms with van der Waals surface area (Å²) < 4.78 is 58.2. The third-order valence-electron chi connectivity index (χ3n) is 14.7. The molecule has 4 saturated carbocycles.